The van der Waals surface area contributed by atoms with Gasteiger partial charge in [0.25, 0.3) is 0 Å². The van der Waals surface area contributed by atoms with Crippen LogP contribution in [-0.2, 0) is 14.8 Å². The summed E-state index contributed by atoms with van der Waals surface area (Å²) in [6.45, 7) is 4.29. The summed E-state index contributed by atoms with van der Waals surface area (Å²) in [5.74, 6) is 0.488. The van der Waals surface area contributed by atoms with Crippen molar-refractivity contribution >= 4 is 15.7 Å². The van der Waals surface area contributed by atoms with Gasteiger partial charge in [0.05, 0.1) is 11.5 Å². The molecule has 1 aromatic carbocycles. The lowest BCUT2D eigenvalue weighted by Crippen LogP contribution is -2.16. The van der Waals surface area contributed by atoms with E-state index in [4.69, 9.17) is 9.88 Å². The molecule has 0 saturated carbocycles. The number of ether oxygens (including phenoxy) is 1. The van der Waals surface area contributed by atoms with Crippen molar-refractivity contribution in [1.29, 1.82) is 0 Å². The van der Waals surface area contributed by atoms with E-state index in [0.717, 1.165) is 37.4 Å². The first kappa shape index (κ1) is 13.3. The Morgan fingerprint density at radius 3 is 2.89 bits per heavy atom. The third-order valence-electron chi connectivity index (χ3n) is 3.14. The van der Waals surface area contributed by atoms with Gasteiger partial charge in [-0.15, -0.1) is 0 Å². The summed E-state index contributed by atoms with van der Waals surface area (Å²) in [6, 6.07) is 4.86. The highest BCUT2D eigenvalue weighted by molar-refractivity contribution is 7.89. The van der Waals surface area contributed by atoms with Crippen LogP contribution in [0.25, 0.3) is 0 Å². The van der Waals surface area contributed by atoms with Crippen LogP contribution in [0.1, 0.15) is 12.0 Å². The second-order valence-corrected chi connectivity index (χ2v) is 6.19. The third-order valence-corrected chi connectivity index (χ3v) is 4.05. The summed E-state index contributed by atoms with van der Waals surface area (Å²) in [5.41, 5.74) is 1.81. The van der Waals surface area contributed by atoms with Crippen molar-refractivity contribution in [3.63, 3.8) is 0 Å². The summed E-state index contributed by atoms with van der Waals surface area (Å²) in [4.78, 5) is 0.137. The van der Waals surface area contributed by atoms with Gasteiger partial charge in [-0.2, -0.15) is 0 Å². The van der Waals surface area contributed by atoms with Crippen LogP contribution in [0.15, 0.2) is 23.1 Å². The fraction of sp³-hybridized carbons (Fsp3) is 0.500. The Hall–Kier alpha value is -1.11. The molecule has 0 aliphatic carbocycles. The molecule has 3 N–H and O–H groups in total. The summed E-state index contributed by atoms with van der Waals surface area (Å²) in [5, 5.41) is 8.39. The number of rotatable bonds is 4. The second kappa shape index (κ2) is 5.26. The summed E-state index contributed by atoms with van der Waals surface area (Å²) >= 11 is 0. The van der Waals surface area contributed by atoms with E-state index < -0.39 is 10.0 Å². The smallest absolute Gasteiger partial charge is 0.238 e. The minimum Gasteiger partial charge on any atom is -0.384 e. The minimum atomic E-state index is -3.64. The molecule has 100 valence electrons. The van der Waals surface area contributed by atoms with E-state index in [9.17, 15) is 8.42 Å². The van der Waals surface area contributed by atoms with Crippen LogP contribution in [0.2, 0.25) is 0 Å². The predicted octanol–water partition coefficient (Wildman–Crippen LogP) is 1.09. The van der Waals surface area contributed by atoms with Gasteiger partial charge < -0.3 is 10.1 Å². The lowest BCUT2D eigenvalue weighted by Gasteiger charge is -2.13. The van der Waals surface area contributed by atoms with Crippen LogP contribution < -0.4 is 10.5 Å². The van der Waals surface area contributed by atoms with E-state index in [-0.39, 0.29) is 4.90 Å². The molecule has 1 fully saturated rings. The molecule has 0 amide bonds. The lowest BCUT2D eigenvalue weighted by atomic mass is 10.1. The van der Waals surface area contributed by atoms with Crippen molar-refractivity contribution in [2.45, 2.75) is 18.2 Å². The van der Waals surface area contributed by atoms with Crippen molar-refractivity contribution in [2.24, 2.45) is 11.1 Å². The molecule has 5 nitrogen and oxygen atoms in total. The van der Waals surface area contributed by atoms with Gasteiger partial charge in [0.2, 0.25) is 10.0 Å². The molecule has 0 bridgehead atoms. The Labute approximate surface area is 107 Å². The van der Waals surface area contributed by atoms with Crippen molar-refractivity contribution in [1.82, 2.24) is 0 Å². The molecule has 18 heavy (non-hydrogen) atoms. The molecule has 1 saturated heterocycles. The van der Waals surface area contributed by atoms with E-state index in [2.05, 4.69) is 5.32 Å². The number of benzene rings is 1. The third kappa shape index (κ3) is 3.22. The highest BCUT2D eigenvalue weighted by Gasteiger charge is 2.16. The van der Waals surface area contributed by atoms with Gasteiger partial charge in [-0.1, -0.05) is 6.07 Å². The summed E-state index contributed by atoms with van der Waals surface area (Å²) < 4.78 is 27.9. The van der Waals surface area contributed by atoms with Gasteiger partial charge in [0.1, 0.15) is 0 Å². The highest BCUT2D eigenvalue weighted by atomic mass is 32.2. The molecule has 0 spiro atoms. The standard InChI is InChI=1S/C12H18N2O3S/c1-9-2-3-11(18(13,15)16)6-12(9)14-7-10-4-5-17-8-10/h2-3,6,10,14H,4-5,7-8H2,1H3,(H2,13,15,16). The van der Waals surface area contributed by atoms with Crippen molar-refractivity contribution in [3.05, 3.63) is 23.8 Å². The zero-order valence-electron chi connectivity index (χ0n) is 10.3. The van der Waals surface area contributed by atoms with Gasteiger partial charge >= 0.3 is 0 Å². The second-order valence-electron chi connectivity index (χ2n) is 4.63. The number of nitrogens with two attached hydrogens (primary N) is 1. The number of aryl methyl sites for hydroxylation is 1. The molecule has 6 heteroatoms. The lowest BCUT2D eigenvalue weighted by molar-refractivity contribution is 0.187. The maximum absolute atomic E-state index is 11.3. The van der Waals surface area contributed by atoms with Crippen molar-refractivity contribution in [3.8, 4) is 0 Å². The monoisotopic (exact) mass is 270 g/mol. The van der Waals surface area contributed by atoms with E-state index in [1.165, 1.54) is 6.07 Å². The molecule has 1 atom stereocenters. The van der Waals surface area contributed by atoms with Gasteiger partial charge in [0, 0.05) is 24.8 Å². The van der Waals surface area contributed by atoms with Crippen LogP contribution in [0.3, 0.4) is 0 Å². The van der Waals surface area contributed by atoms with E-state index in [1.54, 1.807) is 12.1 Å². The number of sulfonamides is 1. The number of hydrogen-bond acceptors (Lipinski definition) is 4. The fourth-order valence-electron chi connectivity index (χ4n) is 1.97. The van der Waals surface area contributed by atoms with Gasteiger partial charge in [0.15, 0.2) is 0 Å². The largest absolute Gasteiger partial charge is 0.384 e. The Morgan fingerprint density at radius 1 is 1.50 bits per heavy atom. The minimum absolute atomic E-state index is 0.137. The Balaban J connectivity index is 2.11. The SMILES string of the molecule is Cc1ccc(S(N)(=O)=O)cc1NCC1CCOC1. The van der Waals surface area contributed by atoms with Crippen LogP contribution in [0.4, 0.5) is 5.69 Å². The van der Waals surface area contributed by atoms with Crippen molar-refractivity contribution < 1.29 is 13.2 Å². The number of primary sulfonamides is 1. The summed E-state index contributed by atoms with van der Waals surface area (Å²) in [7, 11) is -3.64. The number of nitrogens with one attached hydrogen (secondary N) is 1. The quantitative estimate of drug-likeness (QED) is 0.858. The molecule has 1 aliphatic rings. The van der Waals surface area contributed by atoms with Crippen LogP contribution in [0, 0.1) is 12.8 Å². The maximum Gasteiger partial charge on any atom is 0.238 e. The van der Waals surface area contributed by atoms with E-state index in [0.29, 0.717) is 5.92 Å². The molecule has 2 rings (SSSR count). The average molecular weight is 270 g/mol. The molecule has 0 aromatic heterocycles. The number of anilines is 1. The molecular formula is C12H18N2O3S. The zero-order chi connectivity index (χ0) is 13.2. The average Bonchev–Trinajstić information content (AvgIpc) is 2.79. The van der Waals surface area contributed by atoms with E-state index >= 15 is 0 Å². The Kier molecular flexibility index (Phi) is 3.89. The Bertz CT molecular complexity index is 522. The zero-order valence-corrected chi connectivity index (χ0v) is 11.2. The molecule has 1 heterocycles. The summed E-state index contributed by atoms with van der Waals surface area (Å²) in [6.07, 6.45) is 1.04. The van der Waals surface area contributed by atoms with Crippen LogP contribution in [0.5, 0.6) is 0 Å². The fourth-order valence-corrected chi connectivity index (χ4v) is 2.51. The molecular weight excluding hydrogens is 252 g/mol. The normalized spacial score (nSPS) is 20.0. The van der Waals surface area contributed by atoms with E-state index in [1.807, 2.05) is 6.92 Å². The maximum atomic E-state index is 11.3. The Morgan fingerprint density at radius 2 is 2.28 bits per heavy atom. The number of hydrogen-bond donors (Lipinski definition) is 2. The van der Waals surface area contributed by atoms with Crippen molar-refractivity contribution in [2.75, 3.05) is 25.1 Å². The first-order chi connectivity index (χ1) is 8.47. The predicted molar refractivity (Wildman–Crippen MR) is 70.0 cm³/mol. The molecule has 1 aromatic rings. The molecule has 1 unspecified atom stereocenters. The topological polar surface area (TPSA) is 81.4 Å². The van der Waals surface area contributed by atoms with Gasteiger partial charge in [-0.05, 0) is 31.0 Å². The first-order valence-corrected chi connectivity index (χ1v) is 7.46. The van der Waals surface area contributed by atoms with Crippen LogP contribution in [-0.4, -0.2) is 28.2 Å². The van der Waals surface area contributed by atoms with Gasteiger partial charge in [-0.3, -0.25) is 0 Å². The first-order valence-electron chi connectivity index (χ1n) is 5.92. The van der Waals surface area contributed by atoms with Crippen LogP contribution >= 0.6 is 0 Å². The molecule has 0 radical (unpaired) electrons. The molecule has 1 aliphatic heterocycles. The highest BCUT2D eigenvalue weighted by Crippen LogP contribution is 2.21. The van der Waals surface area contributed by atoms with Gasteiger partial charge in [-0.25, -0.2) is 13.6 Å².